The van der Waals surface area contributed by atoms with Crippen LogP contribution in [0.15, 0.2) is 18.2 Å². The van der Waals surface area contributed by atoms with Crippen LogP contribution < -0.4 is 9.47 Å². The second-order valence-corrected chi connectivity index (χ2v) is 8.95. The van der Waals surface area contributed by atoms with Crippen molar-refractivity contribution in [3.63, 3.8) is 0 Å². The number of carbonyl (C=O) groups excluding carboxylic acids is 1. The minimum atomic E-state index is -0.388. The molecule has 1 atom stereocenters. The molecule has 4 rings (SSSR count). The van der Waals surface area contributed by atoms with Crippen LogP contribution in [0.4, 0.5) is 0 Å². The average molecular weight is 494 g/mol. The first-order valence-corrected chi connectivity index (χ1v) is 12.7. The number of ether oxygens (including phenoxy) is 6. The maximum atomic E-state index is 13.0. The first kappa shape index (κ1) is 26.1. The zero-order chi connectivity index (χ0) is 24.3. The number of carbonyl (C=O) groups is 1. The minimum Gasteiger partial charge on any atom is -0.492 e. The molecule has 0 amide bonds. The van der Waals surface area contributed by atoms with Crippen LogP contribution in [-0.4, -0.2) is 132 Å². The fourth-order valence-electron chi connectivity index (χ4n) is 4.33. The van der Waals surface area contributed by atoms with Crippen LogP contribution in [0.25, 0.3) is 0 Å². The molecule has 10 heteroatoms. The van der Waals surface area contributed by atoms with E-state index in [0.717, 1.165) is 78.8 Å². The van der Waals surface area contributed by atoms with E-state index in [4.69, 9.17) is 28.4 Å². The van der Waals surface area contributed by atoms with Crippen molar-refractivity contribution in [2.24, 2.45) is 0 Å². The van der Waals surface area contributed by atoms with Crippen molar-refractivity contribution in [3.05, 3.63) is 23.8 Å². The van der Waals surface area contributed by atoms with E-state index in [1.54, 1.807) is 12.1 Å². The quantitative estimate of drug-likeness (QED) is 0.416. The Morgan fingerprint density at radius 3 is 1.71 bits per heavy atom. The monoisotopic (exact) mass is 493 g/mol. The summed E-state index contributed by atoms with van der Waals surface area (Å²) in [4.78, 5) is 19.7. The molecule has 0 bridgehead atoms. The summed E-state index contributed by atoms with van der Waals surface area (Å²) in [6.07, 6.45) is -0.331. The van der Waals surface area contributed by atoms with Crippen molar-refractivity contribution in [1.82, 2.24) is 14.7 Å². The standard InChI is InChI=1S/C25H39N3O7/c1-21(28-8-14-32-15-9-28)35-25(29)22-18-23(33-16-6-26-2-10-30-11-3-26)20-24(19-22)34-17-7-27-4-12-31-13-5-27/h18-21H,2-17H2,1H3. The van der Waals surface area contributed by atoms with Crippen LogP contribution in [0.2, 0.25) is 0 Å². The van der Waals surface area contributed by atoms with E-state index in [9.17, 15) is 4.79 Å². The lowest BCUT2D eigenvalue weighted by Gasteiger charge is -2.31. The van der Waals surface area contributed by atoms with Gasteiger partial charge in [0.1, 0.15) is 24.7 Å². The Hall–Kier alpha value is -1.95. The zero-order valence-corrected chi connectivity index (χ0v) is 20.8. The predicted molar refractivity (Wildman–Crippen MR) is 129 cm³/mol. The second kappa shape index (κ2) is 14.0. The second-order valence-electron chi connectivity index (χ2n) is 8.95. The molecular formula is C25H39N3O7. The molecule has 3 aliphatic heterocycles. The molecule has 3 aliphatic rings. The highest BCUT2D eigenvalue weighted by Gasteiger charge is 2.22. The van der Waals surface area contributed by atoms with Crippen LogP contribution in [0, 0.1) is 0 Å². The Labute approximate surface area is 207 Å². The van der Waals surface area contributed by atoms with Crippen molar-refractivity contribution in [1.29, 1.82) is 0 Å². The van der Waals surface area contributed by atoms with Gasteiger partial charge >= 0.3 is 5.97 Å². The lowest BCUT2D eigenvalue weighted by molar-refractivity contribution is -0.0636. The highest BCUT2D eigenvalue weighted by Crippen LogP contribution is 2.24. The Bertz CT molecular complexity index is 736. The largest absolute Gasteiger partial charge is 0.492 e. The Kier molecular flexibility index (Phi) is 10.4. The molecule has 1 aromatic rings. The van der Waals surface area contributed by atoms with E-state index in [1.165, 1.54) is 0 Å². The summed E-state index contributed by atoms with van der Waals surface area (Å²) in [7, 11) is 0. The van der Waals surface area contributed by atoms with E-state index in [-0.39, 0.29) is 12.2 Å². The maximum absolute atomic E-state index is 13.0. The smallest absolute Gasteiger partial charge is 0.339 e. The molecule has 3 saturated heterocycles. The number of morpholine rings is 3. The summed E-state index contributed by atoms with van der Waals surface area (Å²) in [6, 6.07) is 5.33. The molecule has 196 valence electrons. The molecule has 3 heterocycles. The molecule has 0 aliphatic carbocycles. The lowest BCUT2D eigenvalue weighted by atomic mass is 10.2. The van der Waals surface area contributed by atoms with Crippen molar-refractivity contribution < 1.29 is 33.2 Å². The third-order valence-corrected chi connectivity index (χ3v) is 6.51. The third kappa shape index (κ3) is 8.59. The summed E-state index contributed by atoms with van der Waals surface area (Å²) in [6.45, 7) is 14.0. The van der Waals surface area contributed by atoms with Crippen molar-refractivity contribution >= 4 is 5.97 Å². The van der Waals surface area contributed by atoms with Gasteiger partial charge in [-0.2, -0.15) is 0 Å². The molecule has 0 spiro atoms. The van der Waals surface area contributed by atoms with Gasteiger partial charge in [0.2, 0.25) is 0 Å². The minimum absolute atomic E-state index is 0.331. The van der Waals surface area contributed by atoms with Gasteiger partial charge in [-0.15, -0.1) is 0 Å². The van der Waals surface area contributed by atoms with E-state index in [0.29, 0.717) is 43.5 Å². The van der Waals surface area contributed by atoms with Gasteiger partial charge in [0.15, 0.2) is 6.23 Å². The van der Waals surface area contributed by atoms with Gasteiger partial charge < -0.3 is 28.4 Å². The molecule has 10 nitrogen and oxygen atoms in total. The van der Waals surface area contributed by atoms with Crippen LogP contribution >= 0.6 is 0 Å². The highest BCUT2D eigenvalue weighted by molar-refractivity contribution is 5.90. The topological polar surface area (TPSA) is 82.2 Å². The van der Waals surface area contributed by atoms with Crippen LogP contribution in [0.1, 0.15) is 17.3 Å². The fraction of sp³-hybridized carbons (Fsp3) is 0.720. The predicted octanol–water partition coefficient (Wildman–Crippen LogP) is 0.944. The van der Waals surface area contributed by atoms with Crippen LogP contribution in [0.3, 0.4) is 0 Å². The zero-order valence-electron chi connectivity index (χ0n) is 20.8. The van der Waals surface area contributed by atoms with Crippen LogP contribution in [0.5, 0.6) is 11.5 Å². The summed E-state index contributed by atoms with van der Waals surface area (Å²) < 4.78 is 34.0. The third-order valence-electron chi connectivity index (χ3n) is 6.51. The van der Waals surface area contributed by atoms with E-state index >= 15 is 0 Å². The number of rotatable bonds is 11. The number of nitrogens with zero attached hydrogens (tertiary/aromatic N) is 3. The van der Waals surface area contributed by atoms with Gasteiger partial charge in [0.25, 0.3) is 0 Å². The number of hydrogen-bond donors (Lipinski definition) is 0. The molecule has 1 unspecified atom stereocenters. The summed E-state index contributed by atoms with van der Waals surface area (Å²) in [5, 5.41) is 0. The molecule has 35 heavy (non-hydrogen) atoms. The molecule has 1 aromatic carbocycles. The molecular weight excluding hydrogens is 454 g/mol. The maximum Gasteiger partial charge on any atom is 0.339 e. The normalized spacial score (nSPS) is 21.4. The van der Waals surface area contributed by atoms with Gasteiger partial charge in [-0.1, -0.05) is 0 Å². The first-order valence-electron chi connectivity index (χ1n) is 12.7. The first-order chi connectivity index (χ1) is 17.2. The Morgan fingerprint density at radius 1 is 0.771 bits per heavy atom. The van der Waals surface area contributed by atoms with Gasteiger partial charge in [0, 0.05) is 58.4 Å². The van der Waals surface area contributed by atoms with E-state index in [2.05, 4.69) is 14.7 Å². The molecule has 0 radical (unpaired) electrons. The molecule has 0 aromatic heterocycles. The van der Waals surface area contributed by atoms with Gasteiger partial charge in [-0.25, -0.2) is 4.79 Å². The summed E-state index contributed by atoms with van der Waals surface area (Å²) >= 11 is 0. The summed E-state index contributed by atoms with van der Waals surface area (Å²) in [5.41, 5.74) is 0.426. The number of benzene rings is 1. The van der Waals surface area contributed by atoms with Crippen molar-refractivity contribution in [2.75, 3.05) is 105 Å². The van der Waals surface area contributed by atoms with Crippen LogP contribution in [-0.2, 0) is 18.9 Å². The van der Waals surface area contributed by atoms with Gasteiger partial charge in [0.05, 0.1) is 45.2 Å². The molecule has 0 saturated carbocycles. The Balaban J connectivity index is 1.36. The lowest BCUT2D eigenvalue weighted by Crippen LogP contribution is -2.44. The SMILES string of the molecule is CC(OC(=O)c1cc(OCCN2CCOCC2)cc(OCCN2CCOCC2)c1)N1CCOCC1. The number of hydrogen-bond acceptors (Lipinski definition) is 10. The van der Waals surface area contributed by atoms with Crippen molar-refractivity contribution in [3.8, 4) is 11.5 Å². The number of esters is 1. The Morgan fingerprint density at radius 2 is 1.23 bits per heavy atom. The molecule has 0 N–H and O–H groups in total. The highest BCUT2D eigenvalue weighted by atomic mass is 16.6. The fourth-order valence-corrected chi connectivity index (χ4v) is 4.33. The summed E-state index contributed by atoms with van der Waals surface area (Å²) in [5.74, 6) is 0.821. The van der Waals surface area contributed by atoms with E-state index in [1.807, 2.05) is 13.0 Å². The van der Waals surface area contributed by atoms with E-state index < -0.39 is 0 Å². The van der Waals surface area contributed by atoms with Crippen molar-refractivity contribution in [2.45, 2.75) is 13.2 Å². The molecule has 3 fully saturated rings. The van der Waals surface area contributed by atoms with Gasteiger partial charge in [-0.05, 0) is 19.1 Å². The van der Waals surface area contributed by atoms with Gasteiger partial charge in [-0.3, -0.25) is 14.7 Å². The average Bonchev–Trinajstić information content (AvgIpc) is 2.90.